The summed E-state index contributed by atoms with van der Waals surface area (Å²) in [6, 6.07) is 19.0. The maximum absolute atomic E-state index is 14.1. The lowest BCUT2D eigenvalue weighted by atomic mass is 9.55. The van der Waals surface area contributed by atoms with Crippen LogP contribution < -0.4 is 24.3 Å². The topological polar surface area (TPSA) is 167 Å². The number of nitrogens with zero attached hydrogens (tertiary/aromatic N) is 2. The molecule has 0 spiro atoms. The Morgan fingerprint density at radius 2 is 1.74 bits per heavy atom. The summed E-state index contributed by atoms with van der Waals surface area (Å²) in [4.78, 5) is 34.9. The van der Waals surface area contributed by atoms with Crippen LogP contribution in [0.5, 0.6) is 23.0 Å². The molecule has 1 saturated carbocycles. The van der Waals surface area contributed by atoms with E-state index in [-0.39, 0.29) is 56.4 Å². The number of hydrogen-bond acceptors (Lipinski definition) is 12. The molecule has 6 unspecified atom stereocenters. The van der Waals surface area contributed by atoms with Gasteiger partial charge in [0.05, 0.1) is 38.1 Å². The number of rotatable bonds is 20. The molecule has 1 heterocycles. The molecule has 0 radical (unpaired) electrons. The predicted molar refractivity (Wildman–Crippen MR) is 230 cm³/mol. The number of hydrogen-bond donors (Lipinski definition) is 3. The largest absolute Gasteiger partial charge is 0.497 e. The third kappa shape index (κ3) is 10.1. The molecule has 61 heavy (non-hydrogen) atoms. The van der Waals surface area contributed by atoms with E-state index >= 15 is 0 Å². The minimum Gasteiger partial charge on any atom is -0.497 e. The van der Waals surface area contributed by atoms with Crippen LogP contribution in [-0.2, 0) is 20.9 Å². The summed E-state index contributed by atoms with van der Waals surface area (Å²) in [5.41, 5.74) is 3.59. The van der Waals surface area contributed by atoms with E-state index in [1.807, 2.05) is 43.3 Å². The molecule has 328 valence electrons. The summed E-state index contributed by atoms with van der Waals surface area (Å²) in [6.07, 6.45) is 7.18. The first-order valence-electron chi connectivity index (χ1n) is 21.1. The van der Waals surface area contributed by atoms with Crippen molar-refractivity contribution < 1.29 is 53.1 Å². The Hall–Kier alpha value is -5.57. The van der Waals surface area contributed by atoms with Crippen molar-refractivity contribution in [3.05, 3.63) is 102 Å². The number of carbonyl (C=O) groups excluding carboxylic acids is 2. The molecule has 14 heteroatoms. The van der Waals surface area contributed by atoms with E-state index in [9.17, 15) is 19.8 Å². The lowest BCUT2D eigenvalue weighted by molar-refractivity contribution is -0.253. The average Bonchev–Trinajstić information content (AvgIpc) is 3.28. The third-order valence-electron chi connectivity index (χ3n) is 11.8. The molecule has 2 amide bonds. The van der Waals surface area contributed by atoms with Crippen molar-refractivity contribution in [2.75, 3.05) is 53.0 Å². The standard InChI is InChI=1S/C47H59N3O11/c1-6-25-58-47-42(50(3)46(54)57-30-31-15-9-8-10-16-31)29-39(49-59-7-2)36-26-32(17-11-13-23-51)35(18-12-14-24-52)43(44(36)47)37-27-34(20-22-40(37)61-47)60-45(53)48-38-21-19-33(55-4)28-41(38)56-5/h6,8-10,15-16,19-22,26-28,32,35,42-44,51-52H,1,7,11-14,17-18,23-25,29-30H2,2-5H3,(H,48,53). The number of ether oxygens (including phenoxy) is 6. The van der Waals surface area contributed by atoms with E-state index in [0.717, 1.165) is 42.4 Å². The first-order chi connectivity index (χ1) is 29.7. The molecule has 6 atom stereocenters. The Labute approximate surface area is 358 Å². The fourth-order valence-corrected chi connectivity index (χ4v) is 9.03. The molecule has 3 N–H and O–H groups in total. The van der Waals surface area contributed by atoms with Gasteiger partial charge in [-0.1, -0.05) is 60.5 Å². The van der Waals surface area contributed by atoms with E-state index in [4.69, 9.17) is 33.3 Å². The number of methoxy groups -OCH3 is 2. The van der Waals surface area contributed by atoms with Gasteiger partial charge in [0.1, 0.15) is 42.3 Å². The SMILES string of the molecule is C=CCOC12Oc3ccc(OC(=O)Nc4ccc(OC)cc4OC)cc3C3C(CCCCO)C(CCCCO)C=C(C(=NOCC)CC1N(C)C(=O)OCc1ccccc1)C32. The van der Waals surface area contributed by atoms with E-state index in [1.54, 1.807) is 50.6 Å². The number of aliphatic hydroxyl groups is 2. The number of amides is 2. The van der Waals surface area contributed by atoms with Gasteiger partial charge in [-0.05, 0) is 85.9 Å². The summed E-state index contributed by atoms with van der Waals surface area (Å²) in [5, 5.41) is 27.2. The number of carbonyl (C=O) groups is 2. The minimum absolute atomic E-state index is 0.0246. The molecule has 0 bridgehead atoms. The van der Waals surface area contributed by atoms with Gasteiger partial charge < -0.3 is 48.4 Å². The zero-order valence-corrected chi connectivity index (χ0v) is 35.5. The normalized spacial score (nSPS) is 23.0. The molecule has 1 aliphatic heterocycles. The van der Waals surface area contributed by atoms with Gasteiger partial charge in [0.15, 0.2) is 0 Å². The van der Waals surface area contributed by atoms with Crippen molar-refractivity contribution in [1.82, 2.24) is 4.90 Å². The molecule has 3 aliphatic rings. The van der Waals surface area contributed by atoms with Crippen LogP contribution in [0.1, 0.15) is 68.9 Å². The van der Waals surface area contributed by atoms with Crippen LogP contribution in [0.15, 0.2) is 96.2 Å². The number of likely N-dealkylation sites (N-methyl/N-ethyl adjacent to an activating group) is 1. The van der Waals surface area contributed by atoms with E-state index in [2.05, 4.69) is 23.1 Å². The van der Waals surface area contributed by atoms with Crippen molar-refractivity contribution in [3.63, 3.8) is 0 Å². The van der Waals surface area contributed by atoms with Gasteiger partial charge in [0.25, 0.3) is 0 Å². The molecule has 1 fully saturated rings. The highest BCUT2D eigenvalue weighted by Gasteiger charge is 2.65. The number of benzene rings is 3. The number of anilines is 1. The molecule has 2 aliphatic carbocycles. The first kappa shape index (κ1) is 45.0. The molecule has 0 aromatic heterocycles. The molecular weight excluding hydrogens is 783 g/mol. The summed E-state index contributed by atoms with van der Waals surface area (Å²) >= 11 is 0. The van der Waals surface area contributed by atoms with Crippen LogP contribution in [0, 0.1) is 17.8 Å². The average molecular weight is 842 g/mol. The van der Waals surface area contributed by atoms with Gasteiger partial charge in [-0.25, -0.2) is 9.59 Å². The fraction of sp³-hybridized carbons (Fsp3) is 0.468. The number of fused-ring (bicyclic) bond motifs is 2. The smallest absolute Gasteiger partial charge is 0.417 e. The van der Waals surface area contributed by atoms with E-state index in [1.165, 1.54) is 12.0 Å². The van der Waals surface area contributed by atoms with Crippen LogP contribution in [0.3, 0.4) is 0 Å². The highest BCUT2D eigenvalue weighted by molar-refractivity contribution is 6.03. The zero-order valence-electron chi connectivity index (χ0n) is 35.5. The molecule has 6 rings (SSSR count). The van der Waals surface area contributed by atoms with Crippen LogP contribution in [-0.4, -0.2) is 92.5 Å². The Balaban J connectivity index is 1.47. The molecule has 3 aromatic rings. The van der Waals surface area contributed by atoms with Crippen molar-refractivity contribution >= 4 is 23.6 Å². The Morgan fingerprint density at radius 3 is 2.44 bits per heavy atom. The zero-order chi connectivity index (χ0) is 43.4. The highest BCUT2D eigenvalue weighted by atomic mass is 16.7. The maximum atomic E-state index is 14.1. The lowest BCUT2D eigenvalue weighted by Gasteiger charge is -2.59. The van der Waals surface area contributed by atoms with Crippen LogP contribution >= 0.6 is 0 Å². The summed E-state index contributed by atoms with van der Waals surface area (Å²) < 4.78 is 36.7. The second-order valence-electron chi connectivity index (χ2n) is 15.4. The molecule has 0 saturated heterocycles. The molecule has 14 nitrogen and oxygen atoms in total. The van der Waals surface area contributed by atoms with Crippen LogP contribution in [0.25, 0.3) is 0 Å². The second-order valence-corrected chi connectivity index (χ2v) is 15.4. The van der Waals surface area contributed by atoms with Crippen molar-refractivity contribution in [2.45, 2.75) is 76.2 Å². The molecule has 3 aromatic carbocycles. The minimum atomic E-state index is -1.46. The Kier molecular flexibility index (Phi) is 15.7. The summed E-state index contributed by atoms with van der Waals surface area (Å²) in [5.74, 6) is -0.552. The fourth-order valence-electron chi connectivity index (χ4n) is 9.03. The lowest BCUT2D eigenvalue weighted by Crippen LogP contribution is -2.69. The van der Waals surface area contributed by atoms with Gasteiger partial charge in [-0.3, -0.25) is 5.32 Å². The van der Waals surface area contributed by atoms with Gasteiger partial charge >= 0.3 is 12.2 Å². The number of nitrogens with one attached hydrogen (secondary N) is 1. The van der Waals surface area contributed by atoms with Crippen LogP contribution in [0.4, 0.5) is 15.3 Å². The van der Waals surface area contributed by atoms with E-state index < -0.39 is 29.9 Å². The quantitative estimate of drug-likeness (QED) is 0.0570. The maximum Gasteiger partial charge on any atom is 0.417 e. The highest BCUT2D eigenvalue weighted by Crippen LogP contribution is 2.62. The number of unbranched alkanes of at least 4 members (excludes halogenated alkanes) is 2. The predicted octanol–water partition coefficient (Wildman–Crippen LogP) is 8.24. The molecular formula is C47H59N3O11. The first-order valence-corrected chi connectivity index (χ1v) is 21.1. The van der Waals surface area contributed by atoms with Crippen molar-refractivity contribution in [3.8, 4) is 23.0 Å². The van der Waals surface area contributed by atoms with Gasteiger partial charge in [-0.15, -0.1) is 6.58 Å². The van der Waals surface area contributed by atoms with Crippen LogP contribution in [0.2, 0.25) is 0 Å². The monoisotopic (exact) mass is 841 g/mol. The number of allylic oxidation sites excluding steroid dienone is 1. The Morgan fingerprint density at radius 1 is 0.984 bits per heavy atom. The van der Waals surface area contributed by atoms with E-state index in [0.29, 0.717) is 48.1 Å². The summed E-state index contributed by atoms with van der Waals surface area (Å²) in [7, 11) is 4.73. The second kappa shape index (κ2) is 21.3. The van der Waals surface area contributed by atoms with Crippen molar-refractivity contribution in [2.24, 2.45) is 22.9 Å². The summed E-state index contributed by atoms with van der Waals surface area (Å²) in [6.45, 7) is 6.48. The van der Waals surface area contributed by atoms with Gasteiger partial charge in [0, 0.05) is 44.2 Å². The number of oxime groups is 1. The van der Waals surface area contributed by atoms with Crippen molar-refractivity contribution in [1.29, 1.82) is 0 Å². The Bertz CT molecular complexity index is 2020. The van der Waals surface area contributed by atoms with Gasteiger partial charge in [-0.2, -0.15) is 0 Å². The van der Waals surface area contributed by atoms with Gasteiger partial charge in [0.2, 0.25) is 5.79 Å². The number of aliphatic hydroxyl groups excluding tert-OH is 2. The third-order valence-corrected chi connectivity index (χ3v) is 11.8.